The second-order valence-electron chi connectivity index (χ2n) is 4.90. The molecule has 1 aromatic heterocycles. The van der Waals surface area contributed by atoms with Gasteiger partial charge in [0.05, 0.1) is 12.0 Å². The zero-order chi connectivity index (χ0) is 13.8. The van der Waals surface area contributed by atoms with E-state index >= 15 is 0 Å². The topological polar surface area (TPSA) is 78.4 Å². The average Bonchev–Trinajstić information content (AvgIpc) is 2.98. The van der Waals surface area contributed by atoms with Crippen molar-refractivity contribution in [3.63, 3.8) is 0 Å². The summed E-state index contributed by atoms with van der Waals surface area (Å²) >= 11 is 1.60. The van der Waals surface area contributed by atoms with E-state index in [9.17, 15) is 9.59 Å². The van der Waals surface area contributed by atoms with E-state index in [4.69, 9.17) is 5.11 Å². The Balaban J connectivity index is 1.78. The highest BCUT2D eigenvalue weighted by atomic mass is 32.1. The Labute approximate surface area is 116 Å². The number of carboxylic acids is 1. The number of carbonyl (C=O) groups is 2. The molecule has 0 bridgehead atoms. The summed E-state index contributed by atoms with van der Waals surface area (Å²) < 4.78 is 0. The lowest BCUT2D eigenvalue weighted by atomic mass is 10.1. The third-order valence-electron chi connectivity index (χ3n) is 3.43. The third kappa shape index (κ3) is 3.70. The molecule has 3 atom stereocenters. The third-order valence-corrected chi connectivity index (χ3v) is 4.49. The van der Waals surface area contributed by atoms with Crippen LogP contribution in [0.3, 0.4) is 0 Å². The second kappa shape index (κ2) is 6.06. The van der Waals surface area contributed by atoms with Crippen LogP contribution < -0.4 is 10.6 Å². The van der Waals surface area contributed by atoms with Gasteiger partial charge < -0.3 is 15.7 Å². The molecule has 1 saturated carbocycles. The standard InChI is InChI=1S/C13H18N2O3S/c1-8(11-3-2-6-19-11)14-13(18)15-10-5-4-9(7-10)12(16)17/h2-3,6,8-10H,4-5,7H2,1H3,(H,16,17)(H2,14,15,18)/t8?,9-,10+/m1/s1. The first-order chi connectivity index (χ1) is 9.06. The van der Waals surface area contributed by atoms with Crippen LogP contribution in [-0.4, -0.2) is 23.1 Å². The number of hydrogen-bond donors (Lipinski definition) is 3. The summed E-state index contributed by atoms with van der Waals surface area (Å²) in [5.41, 5.74) is 0. The number of rotatable bonds is 4. The molecule has 0 aliphatic heterocycles. The van der Waals surface area contributed by atoms with E-state index in [-0.39, 0.29) is 24.0 Å². The fraction of sp³-hybridized carbons (Fsp3) is 0.538. The Hall–Kier alpha value is -1.56. The maximum Gasteiger partial charge on any atom is 0.315 e. The quantitative estimate of drug-likeness (QED) is 0.793. The first-order valence-electron chi connectivity index (χ1n) is 6.39. The number of nitrogens with one attached hydrogen (secondary N) is 2. The molecule has 1 heterocycles. The lowest BCUT2D eigenvalue weighted by molar-refractivity contribution is -0.141. The largest absolute Gasteiger partial charge is 0.481 e. The Morgan fingerprint density at radius 3 is 2.84 bits per heavy atom. The van der Waals surface area contributed by atoms with E-state index in [1.165, 1.54) is 0 Å². The molecule has 1 unspecified atom stereocenters. The average molecular weight is 282 g/mol. The van der Waals surface area contributed by atoms with Crippen LogP contribution in [0, 0.1) is 5.92 Å². The molecule has 5 nitrogen and oxygen atoms in total. The number of thiophene rings is 1. The molecule has 1 fully saturated rings. The molecular formula is C13H18N2O3S. The maximum absolute atomic E-state index is 11.8. The molecule has 1 aliphatic carbocycles. The van der Waals surface area contributed by atoms with Crippen molar-refractivity contribution < 1.29 is 14.7 Å². The summed E-state index contributed by atoms with van der Waals surface area (Å²) in [7, 11) is 0. The van der Waals surface area contributed by atoms with Crippen molar-refractivity contribution in [2.75, 3.05) is 0 Å². The highest BCUT2D eigenvalue weighted by molar-refractivity contribution is 7.10. The predicted octanol–water partition coefficient (Wildman–Crippen LogP) is 2.36. The second-order valence-corrected chi connectivity index (χ2v) is 5.88. The van der Waals surface area contributed by atoms with Gasteiger partial charge >= 0.3 is 12.0 Å². The van der Waals surface area contributed by atoms with Gasteiger partial charge in [-0.3, -0.25) is 4.79 Å². The molecule has 1 aliphatic rings. The lowest BCUT2D eigenvalue weighted by Gasteiger charge is -2.16. The zero-order valence-corrected chi connectivity index (χ0v) is 11.6. The SMILES string of the molecule is CC(NC(=O)N[C@H]1CC[C@@H](C(=O)O)C1)c1cccs1. The predicted molar refractivity (Wildman–Crippen MR) is 73.2 cm³/mol. The van der Waals surface area contributed by atoms with Gasteiger partial charge in [0, 0.05) is 10.9 Å². The van der Waals surface area contributed by atoms with Crippen LogP contribution in [-0.2, 0) is 4.79 Å². The maximum atomic E-state index is 11.8. The summed E-state index contributed by atoms with van der Waals surface area (Å²) in [5, 5.41) is 16.6. The minimum absolute atomic E-state index is 0.0309. The molecule has 104 valence electrons. The highest BCUT2D eigenvalue weighted by Gasteiger charge is 2.30. The van der Waals surface area contributed by atoms with Crippen LogP contribution in [0.1, 0.15) is 37.1 Å². The number of urea groups is 1. The normalized spacial score (nSPS) is 23.8. The summed E-state index contributed by atoms with van der Waals surface area (Å²) in [6.45, 7) is 1.93. The van der Waals surface area contributed by atoms with Crippen molar-refractivity contribution in [2.24, 2.45) is 5.92 Å². The number of carboxylic acid groups (broad SMARTS) is 1. The lowest BCUT2D eigenvalue weighted by Crippen LogP contribution is -2.42. The minimum atomic E-state index is -0.767. The Kier molecular flexibility index (Phi) is 4.42. The number of amides is 2. The van der Waals surface area contributed by atoms with E-state index in [0.717, 1.165) is 11.3 Å². The van der Waals surface area contributed by atoms with Gasteiger partial charge in [-0.15, -0.1) is 11.3 Å². The van der Waals surface area contributed by atoms with Gasteiger partial charge in [0.25, 0.3) is 0 Å². The molecule has 3 N–H and O–H groups in total. The van der Waals surface area contributed by atoms with E-state index < -0.39 is 5.97 Å². The summed E-state index contributed by atoms with van der Waals surface area (Å²) in [4.78, 5) is 23.8. The molecule has 2 amide bonds. The van der Waals surface area contributed by atoms with Gasteiger partial charge in [-0.05, 0) is 37.6 Å². The molecule has 0 aromatic carbocycles. The van der Waals surface area contributed by atoms with Crippen LogP contribution >= 0.6 is 11.3 Å². The number of aliphatic carboxylic acids is 1. The molecular weight excluding hydrogens is 264 g/mol. The number of hydrogen-bond acceptors (Lipinski definition) is 3. The van der Waals surface area contributed by atoms with Gasteiger partial charge in [0.15, 0.2) is 0 Å². The summed E-state index contributed by atoms with van der Waals surface area (Å²) in [6, 6.07) is 3.64. The first kappa shape index (κ1) is 13.9. The Morgan fingerprint density at radius 1 is 1.47 bits per heavy atom. The highest BCUT2D eigenvalue weighted by Crippen LogP contribution is 2.25. The minimum Gasteiger partial charge on any atom is -0.481 e. The van der Waals surface area contributed by atoms with Crippen LogP contribution in [0.25, 0.3) is 0 Å². The van der Waals surface area contributed by atoms with Crippen molar-refractivity contribution in [1.82, 2.24) is 10.6 Å². The van der Waals surface area contributed by atoms with Crippen molar-refractivity contribution in [2.45, 2.75) is 38.3 Å². The smallest absolute Gasteiger partial charge is 0.315 e. The Morgan fingerprint density at radius 2 is 2.26 bits per heavy atom. The molecule has 0 radical (unpaired) electrons. The van der Waals surface area contributed by atoms with E-state index in [1.54, 1.807) is 11.3 Å². The number of carbonyl (C=O) groups excluding carboxylic acids is 1. The Bertz CT molecular complexity index is 447. The molecule has 0 spiro atoms. The van der Waals surface area contributed by atoms with Gasteiger partial charge in [-0.2, -0.15) is 0 Å². The molecule has 0 saturated heterocycles. The van der Waals surface area contributed by atoms with Crippen molar-refractivity contribution in [3.8, 4) is 0 Å². The van der Waals surface area contributed by atoms with E-state index in [1.807, 2.05) is 24.4 Å². The monoisotopic (exact) mass is 282 g/mol. The van der Waals surface area contributed by atoms with E-state index in [2.05, 4.69) is 10.6 Å². The van der Waals surface area contributed by atoms with Crippen molar-refractivity contribution in [3.05, 3.63) is 22.4 Å². The zero-order valence-electron chi connectivity index (χ0n) is 10.8. The fourth-order valence-corrected chi connectivity index (χ4v) is 3.10. The summed E-state index contributed by atoms with van der Waals surface area (Å²) in [6.07, 6.45) is 1.90. The van der Waals surface area contributed by atoms with Gasteiger partial charge in [0.1, 0.15) is 0 Å². The van der Waals surface area contributed by atoms with E-state index in [0.29, 0.717) is 12.8 Å². The van der Waals surface area contributed by atoms with Crippen molar-refractivity contribution >= 4 is 23.3 Å². The fourth-order valence-electron chi connectivity index (χ4n) is 2.37. The van der Waals surface area contributed by atoms with Crippen LogP contribution in [0.5, 0.6) is 0 Å². The van der Waals surface area contributed by atoms with Gasteiger partial charge in [-0.1, -0.05) is 6.07 Å². The van der Waals surface area contributed by atoms with Crippen LogP contribution in [0.2, 0.25) is 0 Å². The van der Waals surface area contributed by atoms with Gasteiger partial charge in [-0.25, -0.2) is 4.79 Å². The molecule has 2 rings (SSSR count). The van der Waals surface area contributed by atoms with Crippen LogP contribution in [0.15, 0.2) is 17.5 Å². The van der Waals surface area contributed by atoms with Gasteiger partial charge in [0.2, 0.25) is 0 Å². The summed E-state index contributed by atoms with van der Waals surface area (Å²) in [5.74, 6) is -1.09. The van der Waals surface area contributed by atoms with Crippen molar-refractivity contribution in [1.29, 1.82) is 0 Å². The molecule has 6 heteroatoms. The molecule has 1 aromatic rings. The first-order valence-corrected chi connectivity index (χ1v) is 7.27. The molecule has 19 heavy (non-hydrogen) atoms. The van der Waals surface area contributed by atoms with Crippen LogP contribution in [0.4, 0.5) is 4.79 Å².